The molecular weight excluding hydrogens is 292 g/mol. The molecule has 1 aromatic heterocycles. The molecule has 2 aromatic rings. The Bertz CT molecular complexity index is 536. The lowest BCUT2D eigenvalue weighted by molar-refractivity contribution is 0.177. The molecule has 0 saturated carbocycles. The first-order valence-electron chi connectivity index (χ1n) is 6.05. The molecule has 2 rings (SSSR count). The van der Waals surface area contributed by atoms with E-state index in [1.165, 1.54) is 0 Å². The summed E-state index contributed by atoms with van der Waals surface area (Å²) in [7, 11) is 1.88. The monoisotopic (exact) mass is 308 g/mol. The maximum atomic E-state index is 10.3. The Hall–Kier alpha value is -1.13. The zero-order valence-electron chi connectivity index (χ0n) is 10.6. The lowest BCUT2D eigenvalue weighted by atomic mass is 10.0. The Balaban J connectivity index is 2.18. The largest absolute Gasteiger partial charge is 0.388 e. The third-order valence-electron chi connectivity index (χ3n) is 2.95. The number of aliphatic hydroxyl groups is 1. The van der Waals surface area contributed by atoms with Crippen molar-refractivity contribution in [3.05, 3.63) is 51.8 Å². The SMILES string of the molecule is CCc1nn(C)cc1C(O)Cc1cccc(Br)c1. The fourth-order valence-corrected chi connectivity index (χ4v) is 2.55. The van der Waals surface area contributed by atoms with Crippen LogP contribution in [-0.2, 0) is 19.9 Å². The zero-order valence-corrected chi connectivity index (χ0v) is 12.2. The van der Waals surface area contributed by atoms with Crippen molar-refractivity contribution in [3.8, 4) is 0 Å². The smallest absolute Gasteiger partial charge is 0.0863 e. The second-order valence-electron chi connectivity index (χ2n) is 4.41. The molecule has 0 amide bonds. The predicted molar refractivity (Wildman–Crippen MR) is 75.4 cm³/mol. The summed E-state index contributed by atoms with van der Waals surface area (Å²) in [6.45, 7) is 2.05. The minimum atomic E-state index is -0.497. The Labute approximate surface area is 116 Å². The molecule has 0 aliphatic heterocycles. The molecule has 0 bridgehead atoms. The minimum Gasteiger partial charge on any atom is -0.388 e. The van der Waals surface area contributed by atoms with Gasteiger partial charge in [0, 0.05) is 29.7 Å². The Kier molecular flexibility index (Phi) is 4.19. The molecule has 1 aromatic carbocycles. The molecule has 18 heavy (non-hydrogen) atoms. The summed E-state index contributed by atoms with van der Waals surface area (Å²) >= 11 is 3.44. The topological polar surface area (TPSA) is 38.0 Å². The maximum absolute atomic E-state index is 10.3. The number of benzene rings is 1. The first-order valence-corrected chi connectivity index (χ1v) is 6.84. The Morgan fingerprint density at radius 2 is 2.22 bits per heavy atom. The molecule has 96 valence electrons. The van der Waals surface area contributed by atoms with Gasteiger partial charge in [0.15, 0.2) is 0 Å². The van der Waals surface area contributed by atoms with Crippen LogP contribution in [0.1, 0.15) is 29.8 Å². The van der Waals surface area contributed by atoms with E-state index in [1.54, 1.807) is 4.68 Å². The first kappa shape index (κ1) is 13.3. The van der Waals surface area contributed by atoms with Crippen LogP contribution in [0.15, 0.2) is 34.9 Å². The highest BCUT2D eigenvalue weighted by molar-refractivity contribution is 9.10. The molecule has 4 heteroatoms. The summed E-state index contributed by atoms with van der Waals surface area (Å²) in [6, 6.07) is 8.02. The van der Waals surface area contributed by atoms with Gasteiger partial charge in [-0.25, -0.2) is 0 Å². The molecule has 1 unspecified atom stereocenters. The standard InChI is InChI=1S/C14H17BrN2O/c1-3-13-12(9-17(2)16-13)14(18)8-10-5-4-6-11(15)7-10/h4-7,9,14,18H,3,8H2,1-2H3. The van der Waals surface area contributed by atoms with Crippen LogP contribution in [-0.4, -0.2) is 14.9 Å². The second kappa shape index (κ2) is 5.67. The van der Waals surface area contributed by atoms with Gasteiger partial charge >= 0.3 is 0 Å². The van der Waals surface area contributed by atoms with Crippen LogP contribution < -0.4 is 0 Å². The lowest BCUT2D eigenvalue weighted by Gasteiger charge is -2.10. The molecule has 1 N–H and O–H groups in total. The molecule has 0 radical (unpaired) electrons. The quantitative estimate of drug-likeness (QED) is 0.943. The van der Waals surface area contributed by atoms with E-state index in [9.17, 15) is 5.11 Å². The van der Waals surface area contributed by atoms with Crippen LogP contribution in [0.5, 0.6) is 0 Å². The van der Waals surface area contributed by atoms with Crippen molar-refractivity contribution in [2.75, 3.05) is 0 Å². The summed E-state index contributed by atoms with van der Waals surface area (Å²) in [5.74, 6) is 0. The zero-order chi connectivity index (χ0) is 13.1. The van der Waals surface area contributed by atoms with Gasteiger partial charge in [-0.05, 0) is 24.1 Å². The summed E-state index contributed by atoms with van der Waals surface area (Å²) < 4.78 is 2.80. The lowest BCUT2D eigenvalue weighted by Crippen LogP contribution is -2.03. The van der Waals surface area contributed by atoms with Gasteiger partial charge in [0.2, 0.25) is 0 Å². The number of rotatable bonds is 4. The number of aliphatic hydroxyl groups excluding tert-OH is 1. The minimum absolute atomic E-state index is 0.497. The molecule has 1 heterocycles. The normalized spacial score (nSPS) is 12.7. The molecule has 0 saturated heterocycles. The average Bonchev–Trinajstić information content (AvgIpc) is 2.70. The molecule has 1 atom stereocenters. The van der Waals surface area contributed by atoms with Crippen LogP contribution >= 0.6 is 15.9 Å². The second-order valence-corrected chi connectivity index (χ2v) is 5.32. The number of halogens is 1. The number of nitrogens with zero attached hydrogens (tertiary/aromatic N) is 2. The fourth-order valence-electron chi connectivity index (χ4n) is 2.10. The molecule has 0 fully saturated rings. The van der Waals surface area contributed by atoms with Gasteiger partial charge in [-0.2, -0.15) is 5.10 Å². The van der Waals surface area contributed by atoms with Gasteiger partial charge < -0.3 is 5.11 Å². The van der Waals surface area contributed by atoms with E-state index in [0.717, 1.165) is 27.7 Å². The third-order valence-corrected chi connectivity index (χ3v) is 3.44. The van der Waals surface area contributed by atoms with Crippen molar-refractivity contribution in [2.45, 2.75) is 25.9 Å². The molecule has 0 spiro atoms. The molecule has 3 nitrogen and oxygen atoms in total. The molecule has 0 aliphatic rings. The number of hydrogen-bond donors (Lipinski definition) is 1. The fraction of sp³-hybridized carbons (Fsp3) is 0.357. The highest BCUT2D eigenvalue weighted by Crippen LogP contribution is 2.23. The van der Waals surface area contributed by atoms with E-state index in [0.29, 0.717) is 6.42 Å². The van der Waals surface area contributed by atoms with E-state index < -0.39 is 6.10 Å². The summed E-state index contributed by atoms with van der Waals surface area (Å²) in [4.78, 5) is 0. The average molecular weight is 309 g/mol. The van der Waals surface area contributed by atoms with E-state index in [-0.39, 0.29) is 0 Å². The first-order chi connectivity index (χ1) is 8.60. The van der Waals surface area contributed by atoms with Gasteiger partial charge in [0.1, 0.15) is 0 Å². The van der Waals surface area contributed by atoms with Crippen molar-refractivity contribution in [1.82, 2.24) is 9.78 Å². The van der Waals surface area contributed by atoms with Crippen molar-refractivity contribution < 1.29 is 5.11 Å². The van der Waals surface area contributed by atoms with E-state index in [4.69, 9.17) is 0 Å². The summed E-state index contributed by atoms with van der Waals surface area (Å²) in [5, 5.41) is 14.7. The molecule has 0 aliphatic carbocycles. The van der Waals surface area contributed by atoms with E-state index in [1.807, 2.05) is 37.5 Å². The van der Waals surface area contributed by atoms with Gasteiger partial charge in [0.25, 0.3) is 0 Å². The van der Waals surface area contributed by atoms with Crippen molar-refractivity contribution >= 4 is 15.9 Å². The van der Waals surface area contributed by atoms with Crippen LogP contribution in [0.3, 0.4) is 0 Å². The van der Waals surface area contributed by atoms with Crippen molar-refractivity contribution in [2.24, 2.45) is 7.05 Å². The predicted octanol–water partition coefficient (Wildman–Crippen LogP) is 3.02. The highest BCUT2D eigenvalue weighted by atomic mass is 79.9. The van der Waals surface area contributed by atoms with Crippen LogP contribution in [0, 0.1) is 0 Å². The van der Waals surface area contributed by atoms with Crippen molar-refractivity contribution in [1.29, 1.82) is 0 Å². The van der Waals surface area contributed by atoms with Gasteiger partial charge in [-0.15, -0.1) is 0 Å². The van der Waals surface area contributed by atoms with Crippen LogP contribution in [0.25, 0.3) is 0 Å². The number of hydrogen-bond acceptors (Lipinski definition) is 2. The van der Waals surface area contributed by atoms with Gasteiger partial charge in [-0.3, -0.25) is 4.68 Å². The third kappa shape index (κ3) is 3.00. The maximum Gasteiger partial charge on any atom is 0.0863 e. The summed E-state index contributed by atoms with van der Waals surface area (Å²) in [5.41, 5.74) is 3.02. The Morgan fingerprint density at radius 3 is 2.89 bits per heavy atom. The van der Waals surface area contributed by atoms with E-state index in [2.05, 4.69) is 28.0 Å². The van der Waals surface area contributed by atoms with E-state index >= 15 is 0 Å². The molecular formula is C14H17BrN2O. The highest BCUT2D eigenvalue weighted by Gasteiger charge is 2.15. The van der Waals surface area contributed by atoms with Crippen LogP contribution in [0.4, 0.5) is 0 Å². The summed E-state index contributed by atoms with van der Waals surface area (Å²) in [6.07, 6.45) is 2.86. The van der Waals surface area contributed by atoms with Crippen LogP contribution in [0.2, 0.25) is 0 Å². The number of aryl methyl sites for hydroxylation is 2. The van der Waals surface area contributed by atoms with Gasteiger partial charge in [-0.1, -0.05) is 35.0 Å². The van der Waals surface area contributed by atoms with Crippen molar-refractivity contribution in [3.63, 3.8) is 0 Å². The van der Waals surface area contributed by atoms with Gasteiger partial charge in [0.05, 0.1) is 11.8 Å². The number of aromatic nitrogens is 2. The Morgan fingerprint density at radius 1 is 1.44 bits per heavy atom.